The largest absolute Gasteiger partial charge is 3.00 e. The van der Waals surface area contributed by atoms with Gasteiger partial charge >= 0.3 is 29.0 Å². The van der Waals surface area contributed by atoms with E-state index in [1.165, 1.54) is 23.1 Å². The fourth-order valence-corrected chi connectivity index (χ4v) is 5.32. The molecule has 221 valence electrons. The van der Waals surface area contributed by atoms with Gasteiger partial charge in [0.2, 0.25) is 5.90 Å². The Morgan fingerprint density at radius 1 is 0.900 bits per heavy atom. The number of aliphatic carboxylic acids is 2. The maximum Gasteiger partial charge on any atom is 3.00 e. The van der Waals surface area contributed by atoms with Gasteiger partial charge in [-0.25, -0.2) is 4.99 Å². The summed E-state index contributed by atoms with van der Waals surface area (Å²) in [5.41, 5.74) is 0.477. The Hall–Kier alpha value is -2.91. The van der Waals surface area contributed by atoms with Crippen LogP contribution in [0.3, 0.4) is 0 Å². The quantitative estimate of drug-likeness (QED) is 0.0666. The number of carbonyl (C=O) groups is 2. The molecule has 0 saturated heterocycles. The molecule has 0 spiro atoms. The number of carboxylic acids is 2. The molecule has 15 heteroatoms. The Labute approximate surface area is 244 Å². The zero-order valence-electron chi connectivity index (χ0n) is 22.0. The van der Waals surface area contributed by atoms with Crippen LogP contribution >= 0.6 is 0 Å². The third-order valence-corrected chi connectivity index (χ3v) is 7.04. The molecule has 1 aliphatic rings. The molecule has 1 fully saturated rings. The Balaban J connectivity index is 0.00000507. The molecule has 1 heterocycles. The van der Waals surface area contributed by atoms with E-state index in [0.29, 0.717) is 18.5 Å². The second-order valence-electron chi connectivity index (χ2n) is 8.81. The van der Waals surface area contributed by atoms with Gasteiger partial charge in [-0.15, -0.1) is 0 Å². The standard InChI is InChI=1S/C24H30N4O8S.CH3.Fe.H2O/c29-22(26-18-8-1-4-11-21(18)37(34,35)36)14-28(16-24(32)33)20-10-3-2-9-19(20)27(15-23(30)31)13-17-7-5-6-12-25-17;;;/h1,4-8,11-12,19-20H,2-3,9-10,13-16H2,(H,26,29)(H,30,31)(H,32,33)(H,34,35,36);1H3;;1H2/q;-1;+3;/p+1/t19-,20?;;;/m0.../s1. The molecule has 1 aliphatic carbocycles. The Morgan fingerprint density at radius 3 is 2.00 bits per heavy atom. The van der Waals surface area contributed by atoms with E-state index >= 15 is 0 Å². The molecule has 3 rings (SSSR count). The molecule has 1 aromatic carbocycles. The Morgan fingerprint density at radius 2 is 1.45 bits per heavy atom. The first-order valence-electron chi connectivity index (χ1n) is 11.7. The van der Waals surface area contributed by atoms with Crippen LogP contribution in [0.5, 0.6) is 0 Å². The van der Waals surface area contributed by atoms with E-state index in [9.17, 15) is 37.9 Å². The Kier molecular flexibility index (Phi) is 15.8. The van der Waals surface area contributed by atoms with Crippen molar-refractivity contribution in [2.24, 2.45) is 4.99 Å². The van der Waals surface area contributed by atoms with Crippen molar-refractivity contribution >= 4 is 33.6 Å². The number of pyridine rings is 1. The minimum atomic E-state index is -4.60. The summed E-state index contributed by atoms with van der Waals surface area (Å²) in [6.45, 7) is -0.805. The Bertz CT molecular complexity index is 1230. The minimum Gasteiger partial charge on any atom is -0.495 e. The number of nitrogens with zero attached hydrogens (tertiary/aromatic N) is 4. The van der Waals surface area contributed by atoms with Gasteiger partial charge in [0, 0.05) is 24.8 Å². The second-order valence-corrected chi connectivity index (χ2v) is 10.2. The van der Waals surface area contributed by atoms with Crippen LogP contribution in [0.1, 0.15) is 31.4 Å². The maximum atomic E-state index is 11.7. The SMILES string of the molecule is O=C(O)CN(CC(O)=Nc1ccccc1S(=O)(=O)O)C1CCCC[C@@H]1N(CC(=O)O)Cc1ccccn1.[CH3-].[Fe+3].[OH3+]. The predicted molar refractivity (Wildman–Crippen MR) is 145 cm³/mol. The van der Waals surface area contributed by atoms with E-state index in [-0.39, 0.29) is 61.3 Å². The van der Waals surface area contributed by atoms with E-state index in [2.05, 4.69) is 9.98 Å². The molecule has 1 radical (unpaired) electrons. The van der Waals surface area contributed by atoms with E-state index in [1.54, 1.807) is 29.3 Å². The molecule has 0 amide bonds. The average Bonchev–Trinajstić information content (AvgIpc) is 2.83. The molecule has 1 aromatic heterocycles. The number of rotatable bonds is 12. The number of carboxylic acid groups (broad SMARTS) is 2. The molecular formula is C25H36FeN4O9S+3. The van der Waals surface area contributed by atoms with Gasteiger partial charge in [0.15, 0.2) is 0 Å². The number of aliphatic hydroxyl groups excluding tert-OH is 1. The van der Waals surface area contributed by atoms with Crippen LogP contribution in [0.4, 0.5) is 5.69 Å². The van der Waals surface area contributed by atoms with Gasteiger partial charge in [-0.3, -0.25) is 28.9 Å². The molecule has 1 unspecified atom stereocenters. The normalized spacial score (nSPS) is 17.3. The first kappa shape index (κ1) is 37.1. The van der Waals surface area contributed by atoms with Gasteiger partial charge in [0.25, 0.3) is 10.1 Å². The predicted octanol–water partition coefficient (Wildman–Crippen LogP) is 1.73. The van der Waals surface area contributed by atoms with Gasteiger partial charge in [-0.05, 0) is 37.1 Å². The number of aromatic nitrogens is 1. The molecule has 7 N–H and O–H groups in total. The summed E-state index contributed by atoms with van der Waals surface area (Å²) in [4.78, 5) is 34.4. The zero-order valence-corrected chi connectivity index (χ0v) is 23.9. The minimum absolute atomic E-state index is 0. The van der Waals surface area contributed by atoms with Crippen LogP contribution in [0.15, 0.2) is 58.5 Å². The topological polar surface area (TPSA) is 214 Å². The van der Waals surface area contributed by atoms with Crippen molar-refractivity contribution in [2.45, 2.75) is 49.2 Å². The van der Waals surface area contributed by atoms with Gasteiger partial charge in [0.1, 0.15) is 4.90 Å². The number of para-hydroxylation sites is 1. The summed E-state index contributed by atoms with van der Waals surface area (Å²) < 4.78 is 32.8. The van der Waals surface area contributed by atoms with Crippen molar-refractivity contribution in [3.63, 3.8) is 0 Å². The summed E-state index contributed by atoms with van der Waals surface area (Å²) in [6, 6.07) is 9.87. The third-order valence-electron chi connectivity index (χ3n) is 6.14. The number of hydrogen-bond acceptors (Lipinski definition) is 8. The molecule has 2 aromatic rings. The molecule has 0 aliphatic heterocycles. The maximum absolute atomic E-state index is 11.7. The van der Waals surface area contributed by atoms with Gasteiger partial charge < -0.3 is 28.2 Å². The van der Waals surface area contributed by atoms with Crippen molar-refractivity contribution in [3.05, 3.63) is 61.8 Å². The molecule has 0 bridgehead atoms. The second kappa shape index (κ2) is 17.0. The van der Waals surface area contributed by atoms with E-state index in [0.717, 1.165) is 18.9 Å². The van der Waals surface area contributed by atoms with Crippen LogP contribution in [-0.2, 0) is 48.8 Å². The first-order chi connectivity index (χ1) is 17.5. The van der Waals surface area contributed by atoms with Gasteiger partial charge in [0.05, 0.1) is 31.0 Å². The summed E-state index contributed by atoms with van der Waals surface area (Å²) in [5, 5.41) is 29.8. The van der Waals surface area contributed by atoms with E-state index in [4.69, 9.17) is 0 Å². The number of benzene rings is 1. The fraction of sp³-hybridized carbons (Fsp3) is 0.400. The van der Waals surface area contributed by atoms with Crippen LogP contribution in [0.2, 0.25) is 0 Å². The smallest absolute Gasteiger partial charge is 0.495 e. The summed E-state index contributed by atoms with van der Waals surface area (Å²) >= 11 is 0. The van der Waals surface area contributed by atoms with Crippen molar-refractivity contribution in [3.8, 4) is 0 Å². The average molecular weight is 624 g/mol. The van der Waals surface area contributed by atoms with Gasteiger partial charge in [-0.2, -0.15) is 8.42 Å². The number of hydrogen-bond donors (Lipinski definition) is 4. The number of aliphatic imine (C=N–C) groups is 1. The van der Waals surface area contributed by atoms with Crippen molar-refractivity contribution in [1.82, 2.24) is 14.8 Å². The molecule has 40 heavy (non-hydrogen) atoms. The zero-order chi connectivity index (χ0) is 27.0. The van der Waals surface area contributed by atoms with Gasteiger partial charge in [-0.1, -0.05) is 31.0 Å². The third kappa shape index (κ3) is 10.9. The van der Waals surface area contributed by atoms with Crippen molar-refractivity contribution in [1.29, 1.82) is 0 Å². The van der Waals surface area contributed by atoms with Crippen molar-refractivity contribution < 1.29 is 60.4 Å². The first-order valence-corrected chi connectivity index (χ1v) is 13.1. The summed E-state index contributed by atoms with van der Waals surface area (Å²) in [7, 11) is -4.60. The van der Waals surface area contributed by atoms with E-state index in [1.807, 2.05) is 0 Å². The molecule has 2 atom stereocenters. The van der Waals surface area contributed by atoms with Crippen LogP contribution in [0, 0.1) is 7.43 Å². The molecular weight excluding hydrogens is 588 g/mol. The van der Waals surface area contributed by atoms with Crippen molar-refractivity contribution in [2.75, 3.05) is 19.6 Å². The summed E-state index contributed by atoms with van der Waals surface area (Å²) in [6.07, 6.45) is 4.39. The van der Waals surface area contributed by atoms with E-state index < -0.39 is 45.4 Å². The fourth-order valence-electron chi connectivity index (χ4n) is 4.70. The van der Waals surface area contributed by atoms with Crippen LogP contribution < -0.4 is 0 Å². The monoisotopic (exact) mass is 624 g/mol. The van der Waals surface area contributed by atoms with Crippen LogP contribution in [0.25, 0.3) is 0 Å². The molecule has 13 nitrogen and oxygen atoms in total. The number of aliphatic hydroxyl groups is 1. The molecule has 1 saturated carbocycles. The summed E-state index contributed by atoms with van der Waals surface area (Å²) in [5.74, 6) is -2.72. The van der Waals surface area contributed by atoms with Crippen LogP contribution in [-0.4, -0.2) is 92.6 Å².